The predicted molar refractivity (Wildman–Crippen MR) is 92.9 cm³/mol. The summed E-state index contributed by atoms with van der Waals surface area (Å²) in [5.74, 6) is 0. The van der Waals surface area contributed by atoms with E-state index in [2.05, 4.69) is 21.0 Å². The highest BCUT2D eigenvalue weighted by Gasteiger charge is 2.09. The smallest absolute Gasteiger partial charge is 0.0779 e. The lowest BCUT2D eigenvalue weighted by Crippen LogP contribution is -2.41. The Morgan fingerprint density at radius 2 is 1.00 bits per heavy atom. The molecule has 19 heavy (non-hydrogen) atoms. The molecule has 0 saturated carbocycles. The van der Waals surface area contributed by atoms with Crippen LogP contribution >= 0.6 is 0 Å². The van der Waals surface area contributed by atoms with Gasteiger partial charge in [-0.05, 0) is 12.8 Å². The molecule has 0 rings (SSSR count). The molecular formula is C17H40NSi+. The standard InChI is InChI=1S/C17H40NSi/c1-4-5-6-7-8-9-10-11-12-13-14-15-16-18(2,3)17-19/h4-17H2,1-3,19H3/q+1. The second kappa shape index (κ2) is 13.2. The summed E-state index contributed by atoms with van der Waals surface area (Å²) in [6.45, 7) is 3.68. The first-order valence-corrected chi connectivity index (χ1v) is 10.4. The zero-order valence-electron chi connectivity index (χ0n) is 14.3. The highest BCUT2D eigenvalue weighted by atomic mass is 28.1. The van der Waals surface area contributed by atoms with Crippen molar-refractivity contribution in [3.05, 3.63) is 0 Å². The van der Waals surface area contributed by atoms with Gasteiger partial charge in [0.2, 0.25) is 0 Å². The van der Waals surface area contributed by atoms with Crippen LogP contribution in [-0.2, 0) is 0 Å². The normalized spacial score (nSPS) is 12.2. The number of hydrogen-bond acceptors (Lipinski definition) is 0. The van der Waals surface area contributed by atoms with Crippen molar-refractivity contribution < 1.29 is 4.48 Å². The summed E-state index contributed by atoms with van der Waals surface area (Å²) in [6.07, 6.45) is 18.9. The Labute approximate surface area is 126 Å². The summed E-state index contributed by atoms with van der Waals surface area (Å²) in [5, 5.41) is 0. The van der Waals surface area contributed by atoms with Crippen molar-refractivity contribution in [2.45, 2.75) is 84.0 Å². The fourth-order valence-electron chi connectivity index (χ4n) is 2.54. The van der Waals surface area contributed by atoms with Crippen LogP contribution in [0.15, 0.2) is 0 Å². The van der Waals surface area contributed by atoms with E-state index in [1.54, 1.807) is 0 Å². The van der Waals surface area contributed by atoms with Gasteiger partial charge in [-0.15, -0.1) is 0 Å². The van der Waals surface area contributed by atoms with Crippen molar-refractivity contribution in [1.29, 1.82) is 0 Å². The van der Waals surface area contributed by atoms with Gasteiger partial charge in [-0.2, -0.15) is 0 Å². The minimum Gasteiger partial charge on any atom is -0.333 e. The van der Waals surface area contributed by atoms with E-state index in [9.17, 15) is 0 Å². The summed E-state index contributed by atoms with van der Waals surface area (Å²) in [7, 11) is 6.10. The molecule has 0 aromatic heterocycles. The quantitative estimate of drug-likeness (QED) is 0.256. The molecule has 0 amide bonds. The van der Waals surface area contributed by atoms with E-state index < -0.39 is 0 Å². The van der Waals surface area contributed by atoms with Crippen molar-refractivity contribution in [2.24, 2.45) is 0 Å². The molecule has 0 aliphatic carbocycles. The molecule has 0 aromatic rings. The lowest BCUT2D eigenvalue weighted by atomic mass is 10.1. The largest absolute Gasteiger partial charge is 0.333 e. The average Bonchev–Trinajstić information content (AvgIpc) is 2.40. The van der Waals surface area contributed by atoms with Gasteiger partial charge in [0.05, 0.1) is 37.1 Å². The third kappa shape index (κ3) is 14.4. The SMILES string of the molecule is CCCCCCCCCCCCCC[N+](C)(C)C[SiH3]. The monoisotopic (exact) mass is 286 g/mol. The van der Waals surface area contributed by atoms with Crippen molar-refractivity contribution >= 4 is 10.2 Å². The Morgan fingerprint density at radius 1 is 0.632 bits per heavy atom. The first-order valence-electron chi connectivity index (χ1n) is 8.94. The van der Waals surface area contributed by atoms with Crippen LogP contribution in [-0.4, -0.2) is 41.5 Å². The summed E-state index contributed by atoms with van der Waals surface area (Å²) in [5.41, 5.74) is 0. The highest BCUT2D eigenvalue weighted by molar-refractivity contribution is 6.08. The van der Waals surface area contributed by atoms with Gasteiger partial charge in [0.1, 0.15) is 0 Å². The molecule has 0 N–H and O–H groups in total. The van der Waals surface area contributed by atoms with E-state index in [1.807, 2.05) is 0 Å². The van der Waals surface area contributed by atoms with Crippen LogP contribution in [0.3, 0.4) is 0 Å². The topological polar surface area (TPSA) is 0 Å². The third-order valence-electron chi connectivity index (χ3n) is 4.47. The van der Waals surface area contributed by atoms with E-state index >= 15 is 0 Å². The summed E-state index contributed by atoms with van der Waals surface area (Å²) >= 11 is 0. The lowest BCUT2D eigenvalue weighted by molar-refractivity contribution is -0.879. The van der Waals surface area contributed by atoms with Gasteiger partial charge in [0.25, 0.3) is 0 Å². The fourth-order valence-corrected chi connectivity index (χ4v) is 2.86. The van der Waals surface area contributed by atoms with Crippen molar-refractivity contribution in [2.75, 3.05) is 26.8 Å². The number of nitrogens with zero attached hydrogens (tertiary/aromatic N) is 1. The summed E-state index contributed by atoms with van der Waals surface area (Å²) in [6, 6.07) is 0. The van der Waals surface area contributed by atoms with Crippen LogP contribution in [0.4, 0.5) is 0 Å². The molecule has 0 spiro atoms. The highest BCUT2D eigenvalue weighted by Crippen LogP contribution is 2.12. The number of unbranched alkanes of at least 4 members (excludes halogenated alkanes) is 11. The number of hydrogen-bond donors (Lipinski definition) is 0. The van der Waals surface area contributed by atoms with Crippen molar-refractivity contribution in [3.63, 3.8) is 0 Å². The number of quaternary nitrogens is 1. The zero-order valence-corrected chi connectivity index (χ0v) is 16.3. The van der Waals surface area contributed by atoms with Crippen LogP contribution in [0.2, 0.25) is 0 Å². The van der Waals surface area contributed by atoms with E-state index in [1.165, 1.54) is 104 Å². The minimum atomic E-state index is 1.25. The Bertz CT molecular complexity index is 180. The summed E-state index contributed by atoms with van der Waals surface area (Å²) < 4.78 is 1.25. The summed E-state index contributed by atoms with van der Waals surface area (Å²) in [4.78, 5) is 0. The molecule has 1 nitrogen and oxygen atoms in total. The Balaban J connectivity index is 3.07. The minimum absolute atomic E-state index is 1.25. The second-order valence-corrected chi connectivity index (χ2v) is 7.50. The van der Waals surface area contributed by atoms with Crippen LogP contribution in [0.25, 0.3) is 0 Å². The zero-order chi connectivity index (χ0) is 14.4. The van der Waals surface area contributed by atoms with Gasteiger partial charge in [0, 0.05) is 0 Å². The first-order chi connectivity index (χ1) is 9.12. The molecule has 0 aromatic carbocycles. The van der Waals surface area contributed by atoms with Gasteiger partial charge in [0.15, 0.2) is 0 Å². The molecule has 0 heterocycles. The van der Waals surface area contributed by atoms with Crippen molar-refractivity contribution in [3.8, 4) is 0 Å². The van der Waals surface area contributed by atoms with E-state index in [4.69, 9.17) is 0 Å². The van der Waals surface area contributed by atoms with Crippen LogP contribution in [0, 0.1) is 0 Å². The Kier molecular flexibility index (Phi) is 13.3. The maximum atomic E-state index is 2.38. The van der Waals surface area contributed by atoms with Gasteiger partial charge >= 0.3 is 0 Å². The molecular weight excluding hydrogens is 246 g/mol. The maximum Gasteiger partial charge on any atom is 0.0779 e. The van der Waals surface area contributed by atoms with E-state index in [-0.39, 0.29) is 0 Å². The predicted octanol–water partition coefficient (Wildman–Crippen LogP) is 4.09. The maximum absolute atomic E-state index is 2.38. The average molecular weight is 287 g/mol. The molecule has 0 aliphatic heterocycles. The van der Waals surface area contributed by atoms with Gasteiger partial charge in [-0.1, -0.05) is 71.1 Å². The lowest BCUT2D eigenvalue weighted by Gasteiger charge is -2.28. The van der Waals surface area contributed by atoms with Crippen molar-refractivity contribution in [1.82, 2.24) is 0 Å². The van der Waals surface area contributed by atoms with Crippen LogP contribution in [0.1, 0.15) is 84.0 Å². The van der Waals surface area contributed by atoms with Crippen LogP contribution < -0.4 is 0 Å². The molecule has 0 saturated heterocycles. The molecule has 0 aliphatic rings. The Morgan fingerprint density at radius 3 is 1.37 bits per heavy atom. The van der Waals surface area contributed by atoms with E-state index in [0.717, 1.165) is 0 Å². The molecule has 116 valence electrons. The Hall–Kier alpha value is 0.177. The van der Waals surface area contributed by atoms with Gasteiger partial charge in [-0.3, -0.25) is 0 Å². The van der Waals surface area contributed by atoms with Gasteiger partial charge < -0.3 is 4.48 Å². The molecule has 2 heteroatoms. The number of rotatable bonds is 14. The fraction of sp³-hybridized carbons (Fsp3) is 1.00. The first kappa shape index (κ1) is 19.2. The molecule has 0 unspecified atom stereocenters. The molecule has 0 fully saturated rings. The third-order valence-corrected chi connectivity index (χ3v) is 6.19. The second-order valence-electron chi connectivity index (χ2n) is 6.86. The van der Waals surface area contributed by atoms with E-state index in [0.29, 0.717) is 0 Å². The van der Waals surface area contributed by atoms with Gasteiger partial charge in [-0.25, -0.2) is 0 Å². The molecule has 0 radical (unpaired) electrons. The van der Waals surface area contributed by atoms with Crippen LogP contribution in [0.5, 0.6) is 0 Å². The molecule has 0 bridgehead atoms. The molecule has 0 atom stereocenters.